The van der Waals surface area contributed by atoms with E-state index in [4.69, 9.17) is 10.3 Å². The van der Waals surface area contributed by atoms with Gasteiger partial charge in [0.1, 0.15) is 11.4 Å². The number of hydrazine groups is 1. The molecule has 108 valence electrons. The molecule has 0 saturated carbocycles. The third kappa shape index (κ3) is 3.00. The molecule has 0 aliphatic rings. The number of rotatable bonds is 4. The molecule has 1 unspecified atom stereocenters. The van der Waals surface area contributed by atoms with Gasteiger partial charge in [-0.1, -0.05) is 34.1 Å². The number of nitrogens with two attached hydrogens (primary N) is 1. The fraction of sp³-hybridized carbons (Fsp3) is 0.125. The Labute approximate surface area is 130 Å². The predicted octanol–water partition coefficient (Wildman–Crippen LogP) is 4.08. The van der Waals surface area contributed by atoms with Crippen LogP contribution in [0.3, 0.4) is 0 Å². The monoisotopic (exact) mass is 348 g/mol. The Hall–Kier alpha value is -1.69. The molecule has 3 rings (SSSR count). The summed E-state index contributed by atoms with van der Waals surface area (Å²) in [5, 5.41) is 1.01. The SMILES string of the molecule is NNC(Cc1cc(F)cc(Br)c1)c1coc2ccccc12. The first-order valence-corrected chi connectivity index (χ1v) is 7.34. The third-order valence-electron chi connectivity index (χ3n) is 3.45. The van der Waals surface area contributed by atoms with Crippen molar-refractivity contribution in [1.82, 2.24) is 5.43 Å². The Balaban J connectivity index is 1.95. The fourth-order valence-corrected chi connectivity index (χ4v) is 3.00. The van der Waals surface area contributed by atoms with E-state index in [1.165, 1.54) is 12.1 Å². The van der Waals surface area contributed by atoms with Crippen molar-refractivity contribution in [1.29, 1.82) is 0 Å². The molecule has 0 aliphatic heterocycles. The predicted molar refractivity (Wildman–Crippen MR) is 84.1 cm³/mol. The van der Waals surface area contributed by atoms with Crippen molar-refractivity contribution in [2.24, 2.45) is 5.84 Å². The highest BCUT2D eigenvalue weighted by atomic mass is 79.9. The van der Waals surface area contributed by atoms with Gasteiger partial charge in [0, 0.05) is 15.4 Å². The molecule has 3 aromatic rings. The van der Waals surface area contributed by atoms with E-state index < -0.39 is 0 Å². The molecule has 0 fully saturated rings. The first-order valence-electron chi connectivity index (χ1n) is 6.54. The van der Waals surface area contributed by atoms with Crippen LogP contribution in [0.1, 0.15) is 17.2 Å². The molecule has 1 heterocycles. The minimum atomic E-state index is -0.271. The van der Waals surface area contributed by atoms with Gasteiger partial charge in [0.15, 0.2) is 0 Å². The zero-order chi connectivity index (χ0) is 14.8. The van der Waals surface area contributed by atoms with Gasteiger partial charge in [-0.25, -0.2) is 4.39 Å². The zero-order valence-corrected chi connectivity index (χ0v) is 12.7. The number of para-hydroxylation sites is 1. The van der Waals surface area contributed by atoms with Crippen molar-refractivity contribution in [2.45, 2.75) is 12.5 Å². The van der Waals surface area contributed by atoms with E-state index in [1.807, 2.05) is 30.3 Å². The number of nitrogens with one attached hydrogen (secondary N) is 1. The summed E-state index contributed by atoms with van der Waals surface area (Å²) in [6.45, 7) is 0. The lowest BCUT2D eigenvalue weighted by atomic mass is 9.99. The summed E-state index contributed by atoms with van der Waals surface area (Å²) in [6.07, 6.45) is 2.26. The highest BCUT2D eigenvalue weighted by Gasteiger charge is 2.17. The van der Waals surface area contributed by atoms with Gasteiger partial charge in [-0.3, -0.25) is 11.3 Å². The van der Waals surface area contributed by atoms with Crippen LogP contribution in [0, 0.1) is 5.82 Å². The molecule has 1 aromatic heterocycles. The summed E-state index contributed by atoms with van der Waals surface area (Å²) in [4.78, 5) is 0. The number of fused-ring (bicyclic) bond motifs is 1. The molecule has 0 amide bonds. The smallest absolute Gasteiger partial charge is 0.134 e. The Morgan fingerprint density at radius 3 is 2.81 bits per heavy atom. The maximum Gasteiger partial charge on any atom is 0.134 e. The molecule has 0 saturated heterocycles. The van der Waals surface area contributed by atoms with E-state index in [0.29, 0.717) is 10.9 Å². The van der Waals surface area contributed by atoms with E-state index >= 15 is 0 Å². The summed E-state index contributed by atoms with van der Waals surface area (Å²) in [5.41, 5.74) is 5.42. The van der Waals surface area contributed by atoms with E-state index in [9.17, 15) is 4.39 Å². The van der Waals surface area contributed by atoms with Gasteiger partial charge in [-0.05, 0) is 36.2 Å². The number of benzene rings is 2. The highest BCUT2D eigenvalue weighted by Crippen LogP contribution is 2.28. The first-order chi connectivity index (χ1) is 10.2. The molecule has 21 heavy (non-hydrogen) atoms. The summed E-state index contributed by atoms with van der Waals surface area (Å²) in [6, 6.07) is 12.4. The summed E-state index contributed by atoms with van der Waals surface area (Å²) >= 11 is 3.30. The Morgan fingerprint density at radius 2 is 2.05 bits per heavy atom. The molecule has 0 bridgehead atoms. The number of hydrogen-bond donors (Lipinski definition) is 2. The lowest BCUT2D eigenvalue weighted by Gasteiger charge is -2.15. The van der Waals surface area contributed by atoms with Gasteiger partial charge >= 0.3 is 0 Å². The Morgan fingerprint density at radius 1 is 1.24 bits per heavy atom. The van der Waals surface area contributed by atoms with Gasteiger partial charge in [0.2, 0.25) is 0 Å². The standard InChI is InChI=1S/C16H14BrFN2O/c17-11-5-10(6-12(18)8-11)7-15(20-19)14-9-21-16-4-2-1-3-13(14)16/h1-6,8-9,15,20H,7,19H2. The second-order valence-corrected chi connectivity index (χ2v) is 5.80. The number of hydrogen-bond acceptors (Lipinski definition) is 3. The molecular weight excluding hydrogens is 335 g/mol. The van der Waals surface area contributed by atoms with Crippen LogP contribution in [-0.4, -0.2) is 0 Å². The van der Waals surface area contributed by atoms with Gasteiger partial charge in [0.25, 0.3) is 0 Å². The van der Waals surface area contributed by atoms with Crippen molar-refractivity contribution in [3.63, 3.8) is 0 Å². The van der Waals surface area contributed by atoms with E-state index in [-0.39, 0.29) is 11.9 Å². The second-order valence-electron chi connectivity index (χ2n) is 4.89. The van der Waals surface area contributed by atoms with Gasteiger partial charge in [0.05, 0.1) is 12.3 Å². The maximum atomic E-state index is 13.5. The number of furan rings is 1. The largest absolute Gasteiger partial charge is 0.464 e. The molecule has 0 aliphatic carbocycles. The van der Waals surface area contributed by atoms with Crippen LogP contribution >= 0.6 is 15.9 Å². The van der Waals surface area contributed by atoms with Crippen LogP contribution in [0.25, 0.3) is 11.0 Å². The van der Waals surface area contributed by atoms with Gasteiger partial charge < -0.3 is 4.42 Å². The minimum Gasteiger partial charge on any atom is -0.464 e. The molecule has 3 nitrogen and oxygen atoms in total. The quantitative estimate of drug-likeness (QED) is 0.551. The van der Waals surface area contributed by atoms with Crippen molar-refractivity contribution in [3.8, 4) is 0 Å². The van der Waals surface area contributed by atoms with Crippen LogP contribution < -0.4 is 11.3 Å². The molecule has 0 radical (unpaired) electrons. The van der Waals surface area contributed by atoms with Crippen LogP contribution in [0.5, 0.6) is 0 Å². The van der Waals surface area contributed by atoms with Crippen molar-refractivity contribution in [3.05, 3.63) is 70.1 Å². The summed E-state index contributed by atoms with van der Waals surface area (Å²) in [7, 11) is 0. The lowest BCUT2D eigenvalue weighted by molar-refractivity contribution is 0.534. The fourth-order valence-electron chi connectivity index (χ4n) is 2.49. The zero-order valence-electron chi connectivity index (χ0n) is 11.1. The van der Waals surface area contributed by atoms with Crippen molar-refractivity contribution >= 4 is 26.9 Å². The first kappa shape index (κ1) is 14.3. The Bertz CT molecular complexity index is 752. The molecule has 0 spiro atoms. The third-order valence-corrected chi connectivity index (χ3v) is 3.91. The number of halogens is 2. The van der Waals surface area contributed by atoms with Crippen molar-refractivity contribution in [2.75, 3.05) is 0 Å². The van der Waals surface area contributed by atoms with Crippen LogP contribution in [0.2, 0.25) is 0 Å². The topological polar surface area (TPSA) is 51.2 Å². The minimum absolute atomic E-state index is 0.151. The summed E-state index contributed by atoms with van der Waals surface area (Å²) < 4.78 is 19.7. The van der Waals surface area contributed by atoms with E-state index in [2.05, 4.69) is 21.4 Å². The average Bonchev–Trinajstić information content (AvgIpc) is 2.87. The molecule has 3 N–H and O–H groups in total. The summed E-state index contributed by atoms with van der Waals surface area (Å²) in [5.74, 6) is 5.41. The lowest BCUT2D eigenvalue weighted by Crippen LogP contribution is -2.29. The van der Waals surface area contributed by atoms with Gasteiger partial charge in [-0.2, -0.15) is 0 Å². The van der Waals surface area contributed by atoms with Crippen LogP contribution in [0.15, 0.2) is 57.6 Å². The van der Waals surface area contributed by atoms with Crippen LogP contribution in [0.4, 0.5) is 4.39 Å². The molecule has 2 aromatic carbocycles. The highest BCUT2D eigenvalue weighted by molar-refractivity contribution is 9.10. The van der Waals surface area contributed by atoms with E-state index in [1.54, 1.807) is 6.26 Å². The molecular formula is C16H14BrFN2O. The normalized spacial score (nSPS) is 12.7. The second kappa shape index (κ2) is 5.97. The van der Waals surface area contributed by atoms with Crippen molar-refractivity contribution < 1.29 is 8.81 Å². The van der Waals surface area contributed by atoms with Crippen LogP contribution in [-0.2, 0) is 6.42 Å². The Kier molecular flexibility index (Phi) is 4.05. The maximum absolute atomic E-state index is 13.5. The molecule has 5 heteroatoms. The molecule has 1 atom stereocenters. The average molecular weight is 349 g/mol. The van der Waals surface area contributed by atoms with Gasteiger partial charge in [-0.15, -0.1) is 0 Å². The van der Waals surface area contributed by atoms with E-state index in [0.717, 1.165) is 22.1 Å².